The second kappa shape index (κ2) is 8.33. The van der Waals surface area contributed by atoms with E-state index in [1.165, 1.54) is 24.7 Å². The van der Waals surface area contributed by atoms with Gasteiger partial charge < -0.3 is 15.1 Å². The molecule has 2 fully saturated rings. The van der Waals surface area contributed by atoms with Crippen LogP contribution >= 0.6 is 0 Å². The van der Waals surface area contributed by atoms with Gasteiger partial charge in [0.1, 0.15) is 5.82 Å². The van der Waals surface area contributed by atoms with E-state index in [0.717, 1.165) is 31.0 Å². The van der Waals surface area contributed by atoms with Gasteiger partial charge in [0, 0.05) is 49.5 Å². The number of anilines is 1. The van der Waals surface area contributed by atoms with E-state index in [-0.39, 0.29) is 11.9 Å². The molecule has 2 aromatic rings. The first-order valence-corrected chi connectivity index (χ1v) is 10.2. The van der Waals surface area contributed by atoms with E-state index in [1.807, 2.05) is 6.07 Å². The molecule has 0 aliphatic carbocycles. The Morgan fingerprint density at radius 1 is 1.32 bits per heavy atom. The lowest BCUT2D eigenvalue weighted by atomic mass is 9.89. The molecule has 9 heteroatoms. The number of carbonyl (C=O) groups excluding carboxylic acids is 2. The second-order valence-corrected chi connectivity index (χ2v) is 7.94. The Morgan fingerprint density at radius 2 is 2.16 bits per heavy atom. The van der Waals surface area contributed by atoms with Crippen LogP contribution in [0.25, 0.3) is 0 Å². The van der Waals surface area contributed by atoms with Gasteiger partial charge in [-0.2, -0.15) is 0 Å². The molecule has 2 N–H and O–H groups in total. The molecule has 2 atom stereocenters. The Labute approximate surface area is 180 Å². The molecule has 3 amide bonds. The van der Waals surface area contributed by atoms with Crippen molar-refractivity contribution in [2.24, 2.45) is 0 Å². The minimum Gasteiger partial charge on any atom is -0.371 e. The molecule has 0 radical (unpaired) electrons. The lowest BCUT2D eigenvalue weighted by Gasteiger charge is -2.43. The SMILES string of the molecule is C=C(CCC1(c2cnccn2)NC(=O)NC1=O)N1CCN(c2cccc(F)c2)[C@@H](C)C1. The number of nitrogens with zero attached hydrogens (tertiary/aromatic N) is 4. The van der Waals surface area contributed by atoms with Gasteiger partial charge in [0.25, 0.3) is 5.91 Å². The van der Waals surface area contributed by atoms with Crippen molar-refractivity contribution in [1.29, 1.82) is 0 Å². The van der Waals surface area contributed by atoms with Crippen molar-refractivity contribution in [3.8, 4) is 0 Å². The van der Waals surface area contributed by atoms with Gasteiger partial charge in [0.05, 0.1) is 11.9 Å². The summed E-state index contributed by atoms with van der Waals surface area (Å²) in [5.41, 5.74) is 0.881. The fraction of sp³-hybridized carbons (Fsp3) is 0.364. The van der Waals surface area contributed by atoms with E-state index >= 15 is 0 Å². The van der Waals surface area contributed by atoms with Crippen LogP contribution in [0.3, 0.4) is 0 Å². The van der Waals surface area contributed by atoms with Gasteiger partial charge in [-0.15, -0.1) is 0 Å². The number of halogens is 1. The number of amides is 3. The van der Waals surface area contributed by atoms with Crippen LogP contribution in [-0.2, 0) is 10.3 Å². The first-order chi connectivity index (χ1) is 14.9. The molecule has 2 aliphatic heterocycles. The molecule has 1 unspecified atom stereocenters. The van der Waals surface area contributed by atoms with Crippen LogP contribution in [0.4, 0.5) is 14.9 Å². The number of imide groups is 1. The number of hydrogen-bond acceptors (Lipinski definition) is 6. The summed E-state index contributed by atoms with van der Waals surface area (Å²) in [5, 5.41) is 5.04. The maximum atomic E-state index is 13.6. The Balaban J connectivity index is 1.42. The van der Waals surface area contributed by atoms with E-state index in [0.29, 0.717) is 18.5 Å². The Kier molecular flexibility index (Phi) is 5.58. The molecule has 3 heterocycles. The van der Waals surface area contributed by atoms with Gasteiger partial charge in [-0.25, -0.2) is 9.18 Å². The first-order valence-electron chi connectivity index (χ1n) is 10.2. The van der Waals surface area contributed by atoms with E-state index in [4.69, 9.17) is 0 Å². The van der Waals surface area contributed by atoms with Gasteiger partial charge in [-0.05, 0) is 38.0 Å². The highest BCUT2D eigenvalue weighted by Crippen LogP contribution is 2.31. The van der Waals surface area contributed by atoms with Gasteiger partial charge in [0.2, 0.25) is 0 Å². The molecule has 31 heavy (non-hydrogen) atoms. The van der Waals surface area contributed by atoms with E-state index in [9.17, 15) is 14.0 Å². The normalized spacial score (nSPS) is 23.5. The smallest absolute Gasteiger partial charge is 0.322 e. The minimum atomic E-state index is -1.26. The predicted octanol–water partition coefficient (Wildman–Crippen LogP) is 2.15. The van der Waals surface area contributed by atoms with Crippen LogP contribution in [0.15, 0.2) is 55.1 Å². The monoisotopic (exact) mass is 424 g/mol. The standard InChI is InChI=1S/C22H25FN6O2/c1-15(28-10-11-29(16(2)14-28)18-5-3-4-17(23)12-18)6-7-22(19-13-24-8-9-25-19)20(30)26-21(31)27-22/h3-5,8-9,12-13,16H,1,6-7,10-11,14H2,2H3,(H2,26,27,30,31)/t16-,22?/m0/s1. The molecule has 162 valence electrons. The molecule has 0 bridgehead atoms. The third kappa shape index (κ3) is 4.08. The largest absolute Gasteiger partial charge is 0.371 e. The van der Waals surface area contributed by atoms with Crippen LogP contribution in [0.5, 0.6) is 0 Å². The fourth-order valence-electron chi connectivity index (χ4n) is 4.27. The van der Waals surface area contributed by atoms with Crippen molar-refractivity contribution in [2.75, 3.05) is 24.5 Å². The van der Waals surface area contributed by atoms with Gasteiger partial charge >= 0.3 is 6.03 Å². The minimum absolute atomic E-state index is 0.163. The van der Waals surface area contributed by atoms with Crippen LogP contribution in [0.1, 0.15) is 25.5 Å². The summed E-state index contributed by atoms with van der Waals surface area (Å²) in [6.45, 7) is 8.51. The number of benzene rings is 1. The van der Waals surface area contributed by atoms with Gasteiger partial charge in [-0.1, -0.05) is 12.6 Å². The number of allylic oxidation sites excluding steroid dienone is 1. The highest BCUT2D eigenvalue weighted by Gasteiger charge is 2.48. The maximum absolute atomic E-state index is 13.6. The average Bonchev–Trinajstić information content (AvgIpc) is 3.06. The van der Waals surface area contributed by atoms with Crippen molar-refractivity contribution in [2.45, 2.75) is 31.3 Å². The number of carbonyl (C=O) groups is 2. The first kappa shape index (κ1) is 20.8. The van der Waals surface area contributed by atoms with Crippen LogP contribution in [0.2, 0.25) is 0 Å². The van der Waals surface area contributed by atoms with Crippen molar-refractivity contribution in [3.05, 3.63) is 66.6 Å². The zero-order chi connectivity index (χ0) is 22.0. The van der Waals surface area contributed by atoms with Crippen molar-refractivity contribution < 1.29 is 14.0 Å². The van der Waals surface area contributed by atoms with E-state index in [1.54, 1.807) is 12.1 Å². The number of rotatable bonds is 6. The number of hydrogen-bond donors (Lipinski definition) is 2. The third-order valence-electron chi connectivity index (χ3n) is 5.95. The van der Waals surface area contributed by atoms with E-state index in [2.05, 4.69) is 43.9 Å². The zero-order valence-electron chi connectivity index (χ0n) is 17.3. The molecule has 4 rings (SSSR count). The van der Waals surface area contributed by atoms with E-state index < -0.39 is 17.5 Å². The van der Waals surface area contributed by atoms with Crippen LogP contribution in [0, 0.1) is 5.82 Å². The number of piperazine rings is 1. The van der Waals surface area contributed by atoms with Crippen molar-refractivity contribution in [1.82, 2.24) is 25.5 Å². The molecule has 1 aromatic heterocycles. The molecule has 1 aromatic carbocycles. The fourth-order valence-corrected chi connectivity index (χ4v) is 4.27. The molecular weight excluding hydrogens is 399 g/mol. The van der Waals surface area contributed by atoms with Crippen LogP contribution < -0.4 is 15.5 Å². The number of urea groups is 1. The quantitative estimate of drug-likeness (QED) is 0.691. The van der Waals surface area contributed by atoms with Crippen molar-refractivity contribution in [3.63, 3.8) is 0 Å². The molecule has 0 spiro atoms. The highest BCUT2D eigenvalue weighted by molar-refractivity contribution is 6.07. The summed E-state index contributed by atoms with van der Waals surface area (Å²) in [6, 6.07) is 6.24. The summed E-state index contributed by atoms with van der Waals surface area (Å²) < 4.78 is 13.6. The molecular formula is C22H25FN6O2. The average molecular weight is 424 g/mol. The summed E-state index contributed by atoms with van der Waals surface area (Å²) in [7, 11) is 0. The lowest BCUT2D eigenvalue weighted by molar-refractivity contribution is -0.124. The summed E-state index contributed by atoms with van der Waals surface area (Å²) in [5.74, 6) is -0.683. The van der Waals surface area contributed by atoms with Crippen LogP contribution in [-0.4, -0.2) is 52.5 Å². The Bertz CT molecular complexity index is 1000. The molecule has 0 saturated carbocycles. The Morgan fingerprint density at radius 3 is 2.81 bits per heavy atom. The molecule has 2 aliphatic rings. The highest BCUT2D eigenvalue weighted by atomic mass is 19.1. The van der Waals surface area contributed by atoms with Crippen molar-refractivity contribution >= 4 is 17.6 Å². The third-order valence-corrected chi connectivity index (χ3v) is 5.95. The summed E-state index contributed by atoms with van der Waals surface area (Å²) in [6.07, 6.45) is 5.33. The second-order valence-electron chi connectivity index (χ2n) is 7.94. The summed E-state index contributed by atoms with van der Waals surface area (Å²) >= 11 is 0. The number of nitrogens with one attached hydrogen (secondary N) is 2. The summed E-state index contributed by atoms with van der Waals surface area (Å²) in [4.78, 5) is 37.2. The predicted molar refractivity (Wildman–Crippen MR) is 114 cm³/mol. The van der Waals surface area contributed by atoms with Gasteiger partial charge in [0.15, 0.2) is 5.54 Å². The number of aromatic nitrogens is 2. The van der Waals surface area contributed by atoms with Gasteiger partial charge in [-0.3, -0.25) is 20.1 Å². The molecule has 8 nitrogen and oxygen atoms in total. The topological polar surface area (TPSA) is 90.5 Å². The zero-order valence-corrected chi connectivity index (χ0v) is 17.3. The maximum Gasteiger partial charge on any atom is 0.322 e. The lowest BCUT2D eigenvalue weighted by Crippen LogP contribution is -2.51. The molecule has 2 saturated heterocycles. The Hall–Kier alpha value is -3.49.